The minimum atomic E-state index is 0.853. The fourth-order valence-electron chi connectivity index (χ4n) is 5.12. The zero-order valence-electron chi connectivity index (χ0n) is 17.2. The van der Waals surface area contributed by atoms with Crippen LogP contribution >= 0.6 is 0 Å². The van der Waals surface area contributed by atoms with Crippen molar-refractivity contribution in [3.8, 4) is 0 Å². The highest BCUT2D eigenvalue weighted by Gasteiger charge is 2.20. The number of benzene rings is 1. The van der Waals surface area contributed by atoms with Gasteiger partial charge < -0.3 is 5.21 Å². The Hall–Kier alpha value is -1.31. The van der Waals surface area contributed by atoms with Gasteiger partial charge in [-0.15, -0.1) is 0 Å². The first kappa shape index (κ1) is 20.4. The topological polar surface area (TPSA) is 32.6 Å². The zero-order valence-corrected chi connectivity index (χ0v) is 17.2. The normalized spacial score (nSPS) is 28.1. The molecular weight excluding hydrogens is 330 g/mol. The molecule has 1 aromatic rings. The van der Waals surface area contributed by atoms with Crippen LogP contribution in [0.5, 0.6) is 0 Å². The number of nitrogens with zero attached hydrogens (tertiary/aromatic N) is 1. The second-order valence-electron chi connectivity index (χ2n) is 9.04. The Morgan fingerprint density at radius 1 is 0.593 bits per heavy atom. The van der Waals surface area contributed by atoms with Gasteiger partial charge in [0.05, 0.1) is 5.71 Å². The van der Waals surface area contributed by atoms with Gasteiger partial charge in [-0.05, 0) is 48.6 Å². The van der Waals surface area contributed by atoms with E-state index < -0.39 is 0 Å². The van der Waals surface area contributed by atoms with Gasteiger partial charge in [-0.1, -0.05) is 106 Å². The average molecular weight is 370 g/mol. The molecule has 2 nitrogen and oxygen atoms in total. The lowest BCUT2D eigenvalue weighted by Crippen LogP contribution is -2.14. The van der Waals surface area contributed by atoms with Crippen LogP contribution in [-0.2, 0) is 6.42 Å². The minimum Gasteiger partial charge on any atom is -0.411 e. The van der Waals surface area contributed by atoms with Crippen molar-refractivity contribution in [2.75, 3.05) is 0 Å². The van der Waals surface area contributed by atoms with Crippen molar-refractivity contribution in [2.45, 2.75) is 103 Å². The van der Waals surface area contributed by atoms with Crippen LogP contribution in [0.15, 0.2) is 29.4 Å². The van der Waals surface area contributed by atoms with E-state index in [1.807, 2.05) is 0 Å². The van der Waals surface area contributed by atoms with Crippen molar-refractivity contribution < 1.29 is 5.21 Å². The highest BCUT2D eigenvalue weighted by molar-refractivity contribution is 6.00. The van der Waals surface area contributed by atoms with Crippen LogP contribution < -0.4 is 0 Å². The Balaban J connectivity index is 1.53. The number of aryl methyl sites for hydroxylation is 1. The van der Waals surface area contributed by atoms with E-state index in [9.17, 15) is 5.21 Å². The van der Waals surface area contributed by atoms with Crippen LogP contribution in [0.25, 0.3) is 0 Å². The summed E-state index contributed by atoms with van der Waals surface area (Å²) in [5.74, 6) is 2.03. The van der Waals surface area contributed by atoms with Gasteiger partial charge >= 0.3 is 0 Å². The third-order valence-electron chi connectivity index (χ3n) is 6.98. The third kappa shape index (κ3) is 6.97. The first-order chi connectivity index (χ1) is 13.3. The molecule has 0 unspecified atom stereocenters. The summed E-state index contributed by atoms with van der Waals surface area (Å²) in [5, 5.41) is 13.0. The Morgan fingerprint density at radius 3 is 1.67 bits per heavy atom. The maximum atomic E-state index is 9.41. The van der Waals surface area contributed by atoms with Crippen molar-refractivity contribution in [1.29, 1.82) is 0 Å². The molecule has 4 bridgehead atoms. The van der Waals surface area contributed by atoms with Gasteiger partial charge in [0.1, 0.15) is 0 Å². The summed E-state index contributed by atoms with van der Waals surface area (Å²) in [6, 6.07) is 8.73. The molecule has 0 saturated heterocycles. The molecule has 27 heavy (non-hydrogen) atoms. The molecule has 5 aliphatic rings. The first-order valence-electron chi connectivity index (χ1n) is 11.7. The van der Waals surface area contributed by atoms with Crippen molar-refractivity contribution in [2.24, 2.45) is 17.0 Å². The summed E-state index contributed by atoms with van der Waals surface area (Å²) in [6.45, 7) is 0. The molecule has 2 heteroatoms. The van der Waals surface area contributed by atoms with Crippen LogP contribution in [0.3, 0.4) is 0 Å². The van der Waals surface area contributed by atoms with Gasteiger partial charge in [0.15, 0.2) is 0 Å². The fourth-order valence-corrected chi connectivity index (χ4v) is 5.12. The zero-order chi connectivity index (χ0) is 18.7. The summed E-state index contributed by atoms with van der Waals surface area (Å²) < 4.78 is 0. The highest BCUT2D eigenvalue weighted by Crippen LogP contribution is 2.34. The van der Waals surface area contributed by atoms with E-state index >= 15 is 0 Å². The second-order valence-corrected chi connectivity index (χ2v) is 9.04. The van der Waals surface area contributed by atoms with Gasteiger partial charge in [0.2, 0.25) is 0 Å². The Morgan fingerprint density at radius 2 is 1.11 bits per heavy atom. The number of rotatable bonds is 0. The van der Waals surface area contributed by atoms with E-state index in [0.29, 0.717) is 0 Å². The number of hydrogen-bond acceptors (Lipinski definition) is 2. The van der Waals surface area contributed by atoms with Crippen LogP contribution in [0.2, 0.25) is 0 Å². The van der Waals surface area contributed by atoms with Crippen molar-refractivity contribution in [3.63, 3.8) is 0 Å². The lowest BCUT2D eigenvalue weighted by molar-refractivity contribution is 0.244. The van der Waals surface area contributed by atoms with Crippen molar-refractivity contribution >= 4 is 5.71 Å². The predicted molar refractivity (Wildman–Crippen MR) is 115 cm³/mol. The third-order valence-corrected chi connectivity index (χ3v) is 6.98. The van der Waals surface area contributed by atoms with Gasteiger partial charge in [0.25, 0.3) is 0 Å². The Labute approximate surface area is 166 Å². The summed E-state index contributed by atoms with van der Waals surface area (Å²) >= 11 is 0. The molecule has 0 amide bonds. The molecule has 1 fully saturated rings. The van der Waals surface area contributed by atoms with E-state index in [0.717, 1.165) is 36.0 Å². The number of oxime groups is 1. The van der Waals surface area contributed by atoms with Gasteiger partial charge in [-0.25, -0.2) is 0 Å². The average Bonchev–Trinajstić information content (AvgIpc) is 2.71. The first-order valence-corrected chi connectivity index (χ1v) is 11.7. The molecule has 5 aliphatic carbocycles. The summed E-state index contributed by atoms with van der Waals surface area (Å²) in [7, 11) is 0. The largest absolute Gasteiger partial charge is 0.411 e. The van der Waals surface area contributed by atoms with Crippen LogP contribution in [-0.4, -0.2) is 10.9 Å². The number of hydrogen-bond donors (Lipinski definition) is 1. The molecule has 1 saturated carbocycles. The van der Waals surface area contributed by atoms with E-state index in [1.165, 1.54) is 95.5 Å². The van der Waals surface area contributed by atoms with Crippen LogP contribution in [0.1, 0.15) is 107 Å². The summed E-state index contributed by atoms with van der Waals surface area (Å²) in [5.41, 5.74) is 3.36. The molecule has 1 aromatic carbocycles. The molecule has 150 valence electrons. The molecule has 0 aromatic heterocycles. The SMILES string of the molecule is O/N=C1/CCCCCCC2CCC(CCCCCCc3ccc1cc3)CC2. The smallest absolute Gasteiger partial charge is 0.0867 e. The maximum Gasteiger partial charge on any atom is 0.0867 e. The molecule has 0 radical (unpaired) electrons. The van der Waals surface area contributed by atoms with Gasteiger partial charge in [-0.3, -0.25) is 0 Å². The Bertz CT molecular complexity index is 554. The van der Waals surface area contributed by atoms with Crippen LogP contribution in [0.4, 0.5) is 0 Å². The van der Waals surface area contributed by atoms with E-state index in [-0.39, 0.29) is 0 Å². The standard InChI is InChI=1S/C25H39NO/c27-26-25-12-8-4-3-7-10-22-15-13-21(14-16-22)9-5-1-2-6-11-23-17-19-24(25)20-18-23/h17-22,27H,1-16H2/b26-25-. The van der Waals surface area contributed by atoms with Crippen molar-refractivity contribution in [3.05, 3.63) is 35.4 Å². The molecular formula is C25H39NO. The lowest BCUT2D eigenvalue weighted by Gasteiger charge is -2.28. The lowest BCUT2D eigenvalue weighted by atomic mass is 9.78. The monoisotopic (exact) mass is 369 g/mol. The van der Waals surface area contributed by atoms with E-state index in [1.54, 1.807) is 0 Å². The molecule has 0 heterocycles. The fraction of sp³-hybridized carbons (Fsp3) is 0.720. The molecule has 6 rings (SSSR count). The van der Waals surface area contributed by atoms with E-state index in [4.69, 9.17) is 0 Å². The molecule has 0 aliphatic heterocycles. The molecule has 0 atom stereocenters. The summed E-state index contributed by atoms with van der Waals surface area (Å²) in [4.78, 5) is 0. The Kier molecular flexibility index (Phi) is 8.71. The summed E-state index contributed by atoms with van der Waals surface area (Å²) in [6.07, 6.45) is 21.5. The quantitative estimate of drug-likeness (QED) is 0.372. The maximum absolute atomic E-state index is 9.41. The molecule has 1 N–H and O–H groups in total. The minimum absolute atomic E-state index is 0.853. The van der Waals surface area contributed by atoms with Crippen molar-refractivity contribution in [1.82, 2.24) is 0 Å². The van der Waals surface area contributed by atoms with Crippen LogP contribution in [0, 0.1) is 11.8 Å². The second kappa shape index (κ2) is 11.5. The van der Waals surface area contributed by atoms with Gasteiger partial charge in [-0.2, -0.15) is 0 Å². The van der Waals surface area contributed by atoms with E-state index in [2.05, 4.69) is 29.4 Å². The predicted octanol–water partition coefficient (Wildman–Crippen LogP) is 7.52. The molecule has 0 spiro atoms. The van der Waals surface area contributed by atoms with Gasteiger partial charge in [0, 0.05) is 0 Å². The highest BCUT2D eigenvalue weighted by atomic mass is 16.4.